The molecule has 15 heavy (non-hydrogen) atoms. The maximum Gasteiger partial charge on any atom is 0.220 e. The van der Waals surface area contributed by atoms with Crippen molar-refractivity contribution in [1.82, 2.24) is 10.6 Å². The fourth-order valence-electron chi connectivity index (χ4n) is 1.95. The summed E-state index contributed by atoms with van der Waals surface area (Å²) in [6.45, 7) is 0.886. The van der Waals surface area contributed by atoms with E-state index >= 15 is 0 Å². The lowest BCUT2D eigenvalue weighted by molar-refractivity contribution is -0.122. The van der Waals surface area contributed by atoms with Crippen LogP contribution >= 0.6 is 0 Å². The first-order valence-electron chi connectivity index (χ1n) is 5.84. The van der Waals surface area contributed by atoms with Crippen molar-refractivity contribution < 1.29 is 9.90 Å². The molecular formula is C11H22N2O2. The van der Waals surface area contributed by atoms with Crippen LogP contribution in [-0.2, 0) is 4.79 Å². The first-order valence-corrected chi connectivity index (χ1v) is 5.84. The van der Waals surface area contributed by atoms with E-state index in [9.17, 15) is 9.90 Å². The maximum absolute atomic E-state index is 11.5. The van der Waals surface area contributed by atoms with E-state index in [-0.39, 0.29) is 18.1 Å². The summed E-state index contributed by atoms with van der Waals surface area (Å²) >= 11 is 0. The summed E-state index contributed by atoms with van der Waals surface area (Å²) in [4.78, 5) is 11.5. The van der Waals surface area contributed by atoms with Crippen LogP contribution in [0.15, 0.2) is 0 Å². The summed E-state index contributed by atoms with van der Waals surface area (Å²) in [5.41, 5.74) is 0. The molecule has 1 aliphatic carbocycles. The molecule has 0 saturated heterocycles. The van der Waals surface area contributed by atoms with E-state index in [0.717, 1.165) is 38.6 Å². The zero-order valence-electron chi connectivity index (χ0n) is 9.46. The van der Waals surface area contributed by atoms with Gasteiger partial charge in [0.05, 0.1) is 6.10 Å². The van der Waals surface area contributed by atoms with Crippen molar-refractivity contribution in [3.8, 4) is 0 Å². The quantitative estimate of drug-likeness (QED) is 0.581. The molecule has 0 bridgehead atoms. The van der Waals surface area contributed by atoms with Crippen molar-refractivity contribution >= 4 is 5.91 Å². The smallest absolute Gasteiger partial charge is 0.220 e. The van der Waals surface area contributed by atoms with Crippen molar-refractivity contribution in [1.29, 1.82) is 0 Å². The van der Waals surface area contributed by atoms with Crippen molar-refractivity contribution in [3.05, 3.63) is 0 Å². The van der Waals surface area contributed by atoms with Gasteiger partial charge in [-0.2, -0.15) is 0 Å². The molecule has 4 nitrogen and oxygen atoms in total. The van der Waals surface area contributed by atoms with Crippen molar-refractivity contribution in [2.75, 3.05) is 13.6 Å². The molecule has 1 rings (SSSR count). The lowest BCUT2D eigenvalue weighted by Crippen LogP contribution is -2.38. The van der Waals surface area contributed by atoms with E-state index in [1.54, 1.807) is 0 Å². The average Bonchev–Trinajstić information content (AvgIpc) is 2.22. The monoisotopic (exact) mass is 214 g/mol. The minimum absolute atomic E-state index is 0.145. The second-order valence-corrected chi connectivity index (χ2v) is 4.28. The van der Waals surface area contributed by atoms with Gasteiger partial charge in [-0.3, -0.25) is 4.79 Å². The molecule has 0 aromatic heterocycles. The van der Waals surface area contributed by atoms with E-state index < -0.39 is 0 Å². The van der Waals surface area contributed by atoms with Gasteiger partial charge in [-0.25, -0.2) is 0 Å². The average molecular weight is 214 g/mol. The lowest BCUT2D eigenvalue weighted by atomic mass is 9.93. The molecular weight excluding hydrogens is 192 g/mol. The number of hydrogen-bond acceptors (Lipinski definition) is 3. The summed E-state index contributed by atoms with van der Waals surface area (Å²) in [6.07, 6.45) is 4.81. The van der Waals surface area contributed by atoms with Crippen LogP contribution in [0.3, 0.4) is 0 Å². The Kier molecular flexibility index (Phi) is 5.65. The topological polar surface area (TPSA) is 61.4 Å². The Morgan fingerprint density at radius 1 is 1.33 bits per heavy atom. The number of carbonyl (C=O) groups is 1. The van der Waals surface area contributed by atoms with Crippen LogP contribution in [0.1, 0.15) is 38.5 Å². The van der Waals surface area contributed by atoms with Gasteiger partial charge < -0.3 is 15.7 Å². The molecule has 1 aliphatic rings. The number of hydrogen-bond donors (Lipinski definition) is 3. The molecule has 1 fully saturated rings. The summed E-state index contributed by atoms with van der Waals surface area (Å²) in [7, 11) is 1.89. The molecule has 0 atom stereocenters. The first-order chi connectivity index (χ1) is 7.22. The highest BCUT2D eigenvalue weighted by atomic mass is 16.3. The highest BCUT2D eigenvalue weighted by molar-refractivity contribution is 5.76. The van der Waals surface area contributed by atoms with E-state index in [4.69, 9.17) is 0 Å². The van der Waals surface area contributed by atoms with E-state index in [1.807, 2.05) is 7.05 Å². The fraction of sp³-hybridized carbons (Fsp3) is 0.909. The Balaban J connectivity index is 2.09. The standard InChI is InChI=1S/C11H22N2O2/c1-12-8-2-3-11(15)13-9-4-6-10(14)7-5-9/h9-10,12,14H,2-8H2,1H3,(H,13,15). The Labute approximate surface area is 91.4 Å². The third-order valence-corrected chi connectivity index (χ3v) is 2.89. The zero-order valence-corrected chi connectivity index (χ0v) is 9.46. The molecule has 1 saturated carbocycles. The first kappa shape index (κ1) is 12.5. The Morgan fingerprint density at radius 3 is 2.60 bits per heavy atom. The van der Waals surface area contributed by atoms with Crippen LogP contribution in [0.2, 0.25) is 0 Å². The number of aliphatic hydroxyl groups is 1. The van der Waals surface area contributed by atoms with Crippen molar-refractivity contribution in [2.45, 2.75) is 50.7 Å². The minimum atomic E-state index is -0.151. The van der Waals surface area contributed by atoms with Crippen LogP contribution in [0.4, 0.5) is 0 Å². The minimum Gasteiger partial charge on any atom is -0.393 e. The van der Waals surface area contributed by atoms with Gasteiger partial charge in [0.1, 0.15) is 0 Å². The Hall–Kier alpha value is -0.610. The molecule has 4 heteroatoms. The molecule has 88 valence electrons. The summed E-state index contributed by atoms with van der Waals surface area (Å²) in [6, 6.07) is 0.287. The number of amides is 1. The molecule has 0 unspecified atom stereocenters. The number of aliphatic hydroxyl groups excluding tert-OH is 1. The van der Waals surface area contributed by atoms with Gasteiger partial charge in [-0.15, -0.1) is 0 Å². The summed E-state index contributed by atoms with van der Waals surface area (Å²) in [5.74, 6) is 0.145. The van der Waals surface area contributed by atoms with Gasteiger partial charge in [0, 0.05) is 12.5 Å². The molecule has 1 amide bonds. The number of nitrogens with one attached hydrogen (secondary N) is 2. The highest BCUT2D eigenvalue weighted by Crippen LogP contribution is 2.18. The Morgan fingerprint density at radius 2 is 2.00 bits per heavy atom. The summed E-state index contributed by atoms with van der Waals surface area (Å²) < 4.78 is 0. The molecule has 3 N–H and O–H groups in total. The molecule has 0 aromatic rings. The van der Waals surface area contributed by atoms with Gasteiger partial charge in [-0.05, 0) is 45.7 Å². The fourth-order valence-corrected chi connectivity index (χ4v) is 1.95. The maximum atomic E-state index is 11.5. The molecule has 0 heterocycles. The predicted octanol–water partition coefficient (Wildman–Crippen LogP) is 0.406. The van der Waals surface area contributed by atoms with Crippen LogP contribution in [0.5, 0.6) is 0 Å². The van der Waals surface area contributed by atoms with Crippen molar-refractivity contribution in [2.24, 2.45) is 0 Å². The largest absolute Gasteiger partial charge is 0.393 e. The van der Waals surface area contributed by atoms with Crippen LogP contribution in [0, 0.1) is 0 Å². The molecule has 0 aromatic carbocycles. The third kappa shape index (κ3) is 5.14. The van der Waals surface area contributed by atoms with Gasteiger partial charge >= 0.3 is 0 Å². The van der Waals surface area contributed by atoms with E-state index in [0.29, 0.717) is 6.42 Å². The summed E-state index contributed by atoms with van der Waals surface area (Å²) in [5, 5.41) is 15.4. The number of rotatable bonds is 5. The molecule has 0 aliphatic heterocycles. The van der Waals surface area contributed by atoms with Gasteiger partial charge in [0.2, 0.25) is 5.91 Å². The second kappa shape index (κ2) is 6.80. The highest BCUT2D eigenvalue weighted by Gasteiger charge is 2.20. The van der Waals surface area contributed by atoms with Gasteiger partial charge in [-0.1, -0.05) is 0 Å². The number of carbonyl (C=O) groups excluding carboxylic acids is 1. The van der Waals surface area contributed by atoms with E-state index in [2.05, 4.69) is 10.6 Å². The van der Waals surface area contributed by atoms with Crippen LogP contribution < -0.4 is 10.6 Å². The lowest BCUT2D eigenvalue weighted by Gasteiger charge is -2.26. The second-order valence-electron chi connectivity index (χ2n) is 4.28. The predicted molar refractivity (Wildman–Crippen MR) is 59.6 cm³/mol. The van der Waals surface area contributed by atoms with Crippen molar-refractivity contribution in [3.63, 3.8) is 0 Å². The third-order valence-electron chi connectivity index (χ3n) is 2.89. The SMILES string of the molecule is CNCCCC(=O)NC1CCC(O)CC1. The van der Waals surface area contributed by atoms with E-state index in [1.165, 1.54) is 0 Å². The van der Waals surface area contributed by atoms with Gasteiger partial charge in [0.15, 0.2) is 0 Å². The molecule has 0 spiro atoms. The molecule has 0 radical (unpaired) electrons. The van der Waals surface area contributed by atoms with Gasteiger partial charge in [0.25, 0.3) is 0 Å². The van der Waals surface area contributed by atoms with Crippen LogP contribution in [-0.4, -0.2) is 36.8 Å². The normalized spacial score (nSPS) is 26.3. The zero-order chi connectivity index (χ0) is 11.1. The van der Waals surface area contributed by atoms with Crippen LogP contribution in [0.25, 0.3) is 0 Å². The Bertz CT molecular complexity index is 189.